The van der Waals surface area contributed by atoms with E-state index in [1.807, 2.05) is 0 Å². The van der Waals surface area contributed by atoms with Crippen LogP contribution < -0.4 is 15.1 Å². The van der Waals surface area contributed by atoms with Crippen LogP contribution in [0.2, 0.25) is 6.32 Å². The van der Waals surface area contributed by atoms with Gasteiger partial charge in [-0.1, -0.05) is 6.07 Å². The van der Waals surface area contributed by atoms with Gasteiger partial charge in [0.2, 0.25) is 0 Å². The Morgan fingerprint density at radius 1 is 1.50 bits per heavy atom. The van der Waals surface area contributed by atoms with E-state index in [1.165, 1.54) is 0 Å². The lowest BCUT2D eigenvalue weighted by Crippen LogP contribution is -2.58. The quantitative estimate of drug-likeness (QED) is 0.344. The van der Waals surface area contributed by atoms with Crippen LogP contribution in [-0.2, 0) is 6.42 Å². The second-order valence-electron chi connectivity index (χ2n) is 5.37. The lowest BCUT2D eigenvalue weighted by molar-refractivity contribution is 0.0590. The van der Waals surface area contributed by atoms with E-state index in [0.29, 0.717) is 25.8 Å². The van der Waals surface area contributed by atoms with Crippen LogP contribution in [0, 0.1) is 5.41 Å². The first-order valence-corrected chi connectivity index (χ1v) is 6.95. The molecule has 0 aromatic heterocycles. The van der Waals surface area contributed by atoms with Gasteiger partial charge in [-0.05, 0) is 24.4 Å². The van der Waals surface area contributed by atoms with E-state index in [2.05, 4.69) is 0 Å². The van der Waals surface area contributed by atoms with Gasteiger partial charge >= 0.3 is 13.1 Å². The van der Waals surface area contributed by atoms with Crippen LogP contribution in [0.5, 0.6) is 11.5 Å². The molecule has 9 heteroatoms. The van der Waals surface area contributed by atoms with Crippen molar-refractivity contribution in [2.24, 2.45) is 5.73 Å². The molecule has 1 aromatic carbocycles. The third-order valence-corrected chi connectivity index (χ3v) is 3.81. The molecular weight excluding hydrogens is 289 g/mol. The second-order valence-corrected chi connectivity index (χ2v) is 5.37. The normalized spacial score (nSPS) is 17.3. The molecule has 2 aliphatic heterocycles. The molecule has 0 atom stereocenters. The summed E-state index contributed by atoms with van der Waals surface area (Å²) in [6, 6.07) is 3.37. The molecule has 0 unspecified atom stereocenters. The third-order valence-electron chi connectivity index (χ3n) is 3.81. The Kier molecular flexibility index (Phi) is 3.57. The molecular formula is C13H16BN3O5. The molecule has 8 nitrogen and oxygen atoms in total. The summed E-state index contributed by atoms with van der Waals surface area (Å²) in [5.74, 6) is -0.820. The van der Waals surface area contributed by atoms with E-state index in [-0.39, 0.29) is 29.1 Å². The van der Waals surface area contributed by atoms with Crippen molar-refractivity contribution in [2.45, 2.75) is 18.8 Å². The van der Waals surface area contributed by atoms with Crippen LogP contribution in [-0.4, -0.2) is 53.3 Å². The molecule has 22 heavy (non-hydrogen) atoms. The van der Waals surface area contributed by atoms with E-state index in [9.17, 15) is 14.9 Å². The molecule has 0 bridgehead atoms. The SMILES string of the molecule is N=C(N)N1CC(Oc2ccc3c(c2C(=O)O)OB(O)CC3)C1. The number of nitrogens with one attached hydrogen (secondary N) is 1. The number of hydrogen-bond acceptors (Lipinski definition) is 5. The monoisotopic (exact) mass is 305 g/mol. The topological polar surface area (TPSA) is 129 Å². The Hall–Kier alpha value is -2.42. The fourth-order valence-corrected chi connectivity index (χ4v) is 2.60. The van der Waals surface area contributed by atoms with Gasteiger partial charge in [-0.2, -0.15) is 0 Å². The largest absolute Gasteiger partial charge is 0.535 e. The van der Waals surface area contributed by atoms with Crippen LogP contribution in [0.15, 0.2) is 12.1 Å². The van der Waals surface area contributed by atoms with Gasteiger partial charge in [0.05, 0.1) is 13.1 Å². The number of nitrogens with zero attached hydrogens (tertiary/aromatic N) is 1. The van der Waals surface area contributed by atoms with Gasteiger partial charge in [0, 0.05) is 0 Å². The number of nitrogens with two attached hydrogens (primary N) is 1. The van der Waals surface area contributed by atoms with Crippen molar-refractivity contribution < 1.29 is 24.3 Å². The average molecular weight is 305 g/mol. The van der Waals surface area contributed by atoms with Crippen molar-refractivity contribution in [3.05, 3.63) is 23.3 Å². The van der Waals surface area contributed by atoms with Crippen LogP contribution in [0.4, 0.5) is 0 Å². The molecule has 0 amide bonds. The molecule has 2 heterocycles. The summed E-state index contributed by atoms with van der Waals surface area (Å²) >= 11 is 0. The van der Waals surface area contributed by atoms with E-state index >= 15 is 0 Å². The Morgan fingerprint density at radius 3 is 2.86 bits per heavy atom. The van der Waals surface area contributed by atoms with Gasteiger partial charge in [-0.25, -0.2) is 4.79 Å². The fourth-order valence-electron chi connectivity index (χ4n) is 2.60. The number of hydrogen-bond donors (Lipinski definition) is 4. The zero-order valence-electron chi connectivity index (χ0n) is 11.8. The fraction of sp³-hybridized carbons (Fsp3) is 0.385. The minimum Gasteiger partial charge on any atom is -0.535 e. The van der Waals surface area contributed by atoms with E-state index in [1.54, 1.807) is 17.0 Å². The van der Waals surface area contributed by atoms with Gasteiger partial charge in [0.15, 0.2) is 5.96 Å². The first kappa shape index (κ1) is 14.5. The lowest BCUT2D eigenvalue weighted by atomic mass is 9.78. The summed E-state index contributed by atoms with van der Waals surface area (Å²) in [7, 11) is -1.00. The van der Waals surface area contributed by atoms with Gasteiger partial charge < -0.3 is 30.2 Å². The molecule has 0 saturated carbocycles. The highest BCUT2D eigenvalue weighted by Crippen LogP contribution is 2.37. The molecule has 0 radical (unpaired) electrons. The Labute approximate surface area is 127 Å². The molecule has 116 valence electrons. The Balaban J connectivity index is 1.84. The summed E-state index contributed by atoms with van der Waals surface area (Å²) in [4.78, 5) is 13.2. The molecule has 0 aliphatic carbocycles. The number of likely N-dealkylation sites (tertiary alicyclic amines) is 1. The maximum atomic E-state index is 11.6. The Bertz CT molecular complexity index is 632. The number of rotatable bonds is 3. The molecule has 1 saturated heterocycles. The molecule has 1 aromatic rings. The Morgan fingerprint density at radius 2 is 2.23 bits per heavy atom. The standard InChI is InChI=1S/C13H16BN3O5/c15-13(16)17-5-8(6-17)21-9-2-1-7-3-4-14(20)22-11(7)10(9)12(18)19/h1-2,8,20H,3-6H2,(H3,15,16)(H,18,19). The van der Waals surface area contributed by atoms with Crippen molar-refractivity contribution in [1.29, 1.82) is 5.41 Å². The zero-order valence-corrected chi connectivity index (χ0v) is 11.8. The average Bonchev–Trinajstić information content (AvgIpc) is 2.40. The minimum absolute atomic E-state index is 0.0322. The highest BCUT2D eigenvalue weighted by Gasteiger charge is 2.33. The number of carboxylic acid groups (broad SMARTS) is 1. The van der Waals surface area contributed by atoms with Gasteiger partial charge in [0.25, 0.3) is 0 Å². The smallest absolute Gasteiger partial charge is 0.522 e. The zero-order chi connectivity index (χ0) is 15.9. The summed E-state index contributed by atoms with van der Waals surface area (Å²) in [5, 5.41) is 26.3. The first-order valence-electron chi connectivity index (χ1n) is 6.95. The van der Waals surface area contributed by atoms with E-state index in [4.69, 9.17) is 20.5 Å². The second kappa shape index (κ2) is 5.41. The third kappa shape index (κ3) is 2.55. The van der Waals surface area contributed by atoms with E-state index < -0.39 is 13.1 Å². The number of carbonyl (C=O) groups is 1. The number of fused-ring (bicyclic) bond motifs is 1. The number of benzene rings is 1. The molecule has 1 fully saturated rings. The molecule has 0 spiro atoms. The lowest BCUT2D eigenvalue weighted by Gasteiger charge is -2.39. The number of carboxylic acids is 1. The van der Waals surface area contributed by atoms with Gasteiger partial charge in [-0.3, -0.25) is 5.41 Å². The molecule has 3 rings (SSSR count). The van der Waals surface area contributed by atoms with Crippen molar-refractivity contribution in [2.75, 3.05) is 13.1 Å². The molecule has 2 aliphatic rings. The maximum absolute atomic E-state index is 11.6. The highest BCUT2D eigenvalue weighted by molar-refractivity contribution is 6.44. The van der Waals surface area contributed by atoms with Crippen LogP contribution in [0.1, 0.15) is 15.9 Å². The van der Waals surface area contributed by atoms with Crippen molar-refractivity contribution in [1.82, 2.24) is 4.90 Å². The highest BCUT2D eigenvalue weighted by atomic mass is 16.5. The number of guanidine groups is 1. The van der Waals surface area contributed by atoms with Crippen LogP contribution in [0.25, 0.3) is 0 Å². The van der Waals surface area contributed by atoms with E-state index in [0.717, 1.165) is 5.56 Å². The van der Waals surface area contributed by atoms with Gasteiger partial charge in [-0.15, -0.1) is 0 Å². The van der Waals surface area contributed by atoms with Crippen LogP contribution in [0.3, 0.4) is 0 Å². The summed E-state index contributed by atoms with van der Waals surface area (Å²) in [6.07, 6.45) is 0.759. The van der Waals surface area contributed by atoms with Crippen LogP contribution >= 0.6 is 0 Å². The molecule has 5 N–H and O–H groups in total. The predicted octanol–water partition coefficient (Wildman–Crippen LogP) is -0.243. The summed E-state index contributed by atoms with van der Waals surface area (Å²) in [6.45, 7) is 0.879. The maximum Gasteiger partial charge on any atom is 0.522 e. The minimum atomic E-state index is -1.16. The number of ether oxygens (including phenoxy) is 1. The number of aromatic carboxylic acids is 1. The number of aryl methyl sites for hydroxylation is 1. The summed E-state index contributed by atoms with van der Waals surface area (Å²) in [5.41, 5.74) is 6.02. The van der Waals surface area contributed by atoms with Crippen molar-refractivity contribution in [3.8, 4) is 11.5 Å². The van der Waals surface area contributed by atoms with Gasteiger partial charge in [0.1, 0.15) is 23.2 Å². The summed E-state index contributed by atoms with van der Waals surface area (Å²) < 4.78 is 11.0. The van der Waals surface area contributed by atoms with Crippen molar-refractivity contribution in [3.63, 3.8) is 0 Å². The first-order chi connectivity index (χ1) is 10.5. The van der Waals surface area contributed by atoms with Crippen molar-refractivity contribution >= 4 is 19.0 Å². The predicted molar refractivity (Wildman–Crippen MR) is 78.4 cm³/mol.